The van der Waals surface area contributed by atoms with Crippen molar-refractivity contribution in [3.05, 3.63) is 15.4 Å². The van der Waals surface area contributed by atoms with Gasteiger partial charge in [0.25, 0.3) is 11.6 Å². The number of halogens is 1. The van der Waals surface area contributed by atoms with E-state index in [1.165, 1.54) is 7.11 Å². The molecule has 1 aliphatic rings. The molecular weight excluding hydrogens is 322 g/mol. The maximum Gasteiger partial charge on any atom is 0.298 e. The van der Waals surface area contributed by atoms with E-state index in [0.717, 1.165) is 0 Å². The van der Waals surface area contributed by atoms with Crippen molar-refractivity contribution in [3.8, 4) is 6.01 Å². The van der Waals surface area contributed by atoms with Crippen LogP contribution in [0.4, 0.5) is 5.82 Å². The Bertz CT molecular complexity index is 581. The van der Waals surface area contributed by atoms with Crippen molar-refractivity contribution in [2.75, 3.05) is 19.0 Å². The molecule has 0 saturated carbocycles. The number of nitrogens with zero attached hydrogens (tertiary/aromatic N) is 1. The maximum absolute atomic E-state index is 11.6. The minimum absolute atomic E-state index is 0.124. The van der Waals surface area contributed by atoms with Crippen LogP contribution < -0.4 is 15.6 Å². The summed E-state index contributed by atoms with van der Waals surface area (Å²) in [5.74, 6) is -0.147. The number of aromatic amines is 1. The third-order valence-electron chi connectivity index (χ3n) is 3.21. The van der Waals surface area contributed by atoms with Gasteiger partial charge < -0.3 is 35.2 Å². The van der Waals surface area contributed by atoms with E-state index < -0.39 is 42.8 Å². The molecule has 0 aliphatic carbocycles. The first-order valence-electron chi connectivity index (χ1n) is 6.30. The molecule has 0 radical (unpaired) electrons. The van der Waals surface area contributed by atoms with Crippen LogP contribution in [0.25, 0.3) is 0 Å². The number of aliphatic hydroxyl groups is 4. The molecule has 1 aromatic heterocycles. The third kappa shape index (κ3) is 3.16. The Morgan fingerprint density at radius 1 is 1.36 bits per heavy atom. The fourth-order valence-electron chi connectivity index (χ4n) is 1.99. The van der Waals surface area contributed by atoms with Crippen LogP contribution in [0, 0.1) is 0 Å². The highest BCUT2D eigenvalue weighted by Gasteiger charge is 2.43. The number of aliphatic hydroxyl groups excluding tert-OH is 4. The van der Waals surface area contributed by atoms with Crippen molar-refractivity contribution < 1.29 is 29.9 Å². The molecule has 22 heavy (non-hydrogen) atoms. The SMILES string of the molecule is COc1nc(N[C@@H]2O[C@@H](CO)[C@@H](O)[C@@H](O)[C@@H]2O)c(Cl)c(=O)[nH]1. The van der Waals surface area contributed by atoms with Crippen molar-refractivity contribution in [3.63, 3.8) is 0 Å². The van der Waals surface area contributed by atoms with Crippen LogP contribution in [0.3, 0.4) is 0 Å². The number of anilines is 1. The van der Waals surface area contributed by atoms with Gasteiger partial charge in [-0.25, -0.2) is 0 Å². The van der Waals surface area contributed by atoms with Gasteiger partial charge in [0.05, 0.1) is 13.7 Å². The number of hydrogen-bond donors (Lipinski definition) is 6. The molecule has 11 heteroatoms. The van der Waals surface area contributed by atoms with Gasteiger partial charge in [0.15, 0.2) is 12.0 Å². The molecule has 0 bridgehead atoms. The largest absolute Gasteiger partial charge is 0.468 e. The van der Waals surface area contributed by atoms with Gasteiger partial charge in [-0.3, -0.25) is 9.78 Å². The average Bonchev–Trinajstić information content (AvgIpc) is 2.51. The molecule has 5 atom stereocenters. The Balaban J connectivity index is 2.26. The maximum atomic E-state index is 11.6. The number of methoxy groups -OCH3 is 1. The molecule has 2 rings (SSSR count). The lowest BCUT2D eigenvalue weighted by atomic mass is 9.98. The highest BCUT2D eigenvalue weighted by Crippen LogP contribution is 2.24. The summed E-state index contributed by atoms with van der Waals surface area (Å²) in [7, 11) is 1.28. The summed E-state index contributed by atoms with van der Waals surface area (Å²) in [6.45, 7) is -0.580. The molecular formula is C11H16ClN3O7. The van der Waals surface area contributed by atoms with E-state index in [1.54, 1.807) is 0 Å². The average molecular weight is 338 g/mol. The number of rotatable bonds is 4. The van der Waals surface area contributed by atoms with Crippen molar-refractivity contribution in [1.82, 2.24) is 9.97 Å². The Labute approximate surface area is 129 Å². The number of H-pyrrole nitrogens is 1. The van der Waals surface area contributed by atoms with Crippen LogP contribution in [0.15, 0.2) is 4.79 Å². The van der Waals surface area contributed by atoms with Gasteiger partial charge in [-0.2, -0.15) is 4.98 Å². The number of hydrogen-bond acceptors (Lipinski definition) is 9. The summed E-state index contributed by atoms with van der Waals surface area (Å²) in [5.41, 5.74) is -0.680. The predicted molar refractivity (Wildman–Crippen MR) is 73.8 cm³/mol. The van der Waals surface area contributed by atoms with E-state index in [2.05, 4.69) is 15.3 Å². The Kier molecular flexibility index (Phi) is 5.21. The quantitative estimate of drug-likeness (QED) is 0.353. The topological polar surface area (TPSA) is 157 Å². The van der Waals surface area contributed by atoms with E-state index in [4.69, 9.17) is 26.2 Å². The summed E-state index contributed by atoms with van der Waals surface area (Å²) >= 11 is 5.80. The van der Waals surface area contributed by atoms with Gasteiger partial charge in [-0.05, 0) is 0 Å². The molecule has 0 spiro atoms. The monoisotopic (exact) mass is 337 g/mol. The molecule has 124 valence electrons. The summed E-state index contributed by atoms with van der Waals surface area (Å²) in [5, 5.41) is 40.6. The minimum Gasteiger partial charge on any atom is -0.468 e. The van der Waals surface area contributed by atoms with Crippen molar-refractivity contribution in [2.24, 2.45) is 0 Å². The molecule has 0 aromatic carbocycles. The Hall–Kier alpha value is -1.43. The fourth-order valence-corrected chi connectivity index (χ4v) is 2.13. The van der Waals surface area contributed by atoms with Crippen molar-refractivity contribution in [2.45, 2.75) is 30.6 Å². The van der Waals surface area contributed by atoms with Crippen LogP contribution >= 0.6 is 11.6 Å². The van der Waals surface area contributed by atoms with Gasteiger partial charge in [-0.15, -0.1) is 0 Å². The van der Waals surface area contributed by atoms with Gasteiger partial charge in [0.2, 0.25) is 0 Å². The van der Waals surface area contributed by atoms with Gasteiger partial charge in [0, 0.05) is 0 Å². The zero-order valence-electron chi connectivity index (χ0n) is 11.4. The highest BCUT2D eigenvalue weighted by atomic mass is 35.5. The van der Waals surface area contributed by atoms with Crippen LogP contribution in [-0.4, -0.2) is 74.8 Å². The van der Waals surface area contributed by atoms with E-state index in [9.17, 15) is 20.1 Å². The summed E-state index contributed by atoms with van der Waals surface area (Å²) in [6.07, 6.45) is -6.95. The second-order valence-electron chi connectivity index (χ2n) is 4.63. The summed E-state index contributed by atoms with van der Waals surface area (Å²) in [6, 6.07) is -0.124. The predicted octanol–water partition coefficient (Wildman–Crippen LogP) is -2.36. The number of aromatic nitrogens is 2. The van der Waals surface area contributed by atoms with Crippen LogP contribution in [-0.2, 0) is 4.74 Å². The molecule has 0 amide bonds. The lowest BCUT2D eigenvalue weighted by Gasteiger charge is -2.40. The smallest absolute Gasteiger partial charge is 0.298 e. The first-order valence-corrected chi connectivity index (χ1v) is 6.67. The minimum atomic E-state index is -1.56. The van der Waals surface area contributed by atoms with Crippen LogP contribution in [0.2, 0.25) is 5.02 Å². The lowest BCUT2D eigenvalue weighted by Crippen LogP contribution is -2.60. The van der Waals surface area contributed by atoms with E-state index >= 15 is 0 Å². The molecule has 1 saturated heterocycles. The molecule has 2 heterocycles. The first kappa shape index (κ1) is 16.9. The second-order valence-corrected chi connectivity index (χ2v) is 5.01. The highest BCUT2D eigenvalue weighted by molar-refractivity contribution is 6.32. The van der Waals surface area contributed by atoms with Crippen LogP contribution in [0.1, 0.15) is 0 Å². The van der Waals surface area contributed by atoms with Gasteiger partial charge in [0.1, 0.15) is 29.4 Å². The molecule has 1 fully saturated rings. The zero-order chi connectivity index (χ0) is 16.4. The van der Waals surface area contributed by atoms with Crippen LogP contribution in [0.5, 0.6) is 6.01 Å². The van der Waals surface area contributed by atoms with E-state index in [-0.39, 0.29) is 16.9 Å². The molecule has 10 nitrogen and oxygen atoms in total. The number of ether oxygens (including phenoxy) is 2. The second kappa shape index (κ2) is 6.77. The Morgan fingerprint density at radius 3 is 2.64 bits per heavy atom. The summed E-state index contributed by atoms with van der Waals surface area (Å²) < 4.78 is 10.0. The van der Waals surface area contributed by atoms with Crippen molar-refractivity contribution >= 4 is 17.4 Å². The van der Waals surface area contributed by atoms with Gasteiger partial charge in [-0.1, -0.05) is 11.6 Å². The zero-order valence-corrected chi connectivity index (χ0v) is 12.2. The van der Waals surface area contributed by atoms with E-state index in [1.807, 2.05) is 0 Å². The normalized spacial score (nSPS) is 31.8. The molecule has 1 aromatic rings. The first-order chi connectivity index (χ1) is 10.4. The Morgan fingerprint density at radius 2 is 2.05 bits per heavy atom. The van der Waals surface area contributed by atoms with E-state index in [0.29, 0.717) is 0 Å². The third-order valence-corrected chi connectivity index (χ3v) is 3.56. The van der Waals surface area contributed by atoms with Crippen molar-refractivity contribution in [1.29, 1.82) is 0 Å². The standard InChI is InChI=1S/C11H16ClN3O7/c1-21-11-14-8(4(12)9(20)15-11)13-10-7(19)6(18)5(17)3(2-16)22-10/h3,5-7,10,16-19H,2H2,1H3,(H2,13,14,15,20)/t3-,5+,6+,7-,10+/m0/s1. The summed E-state index contributed by atoms with van der Waals surface area (Å²) in [4.78, 5) is 17.7. The number of nitrogens with one attached hydrogen (secondary N) is 2. The fraction of sp³-hybridized carbons (Fsp3) is 0.636. The van der Waals surface area contributed by atoms with Gasteiger partial charge >= 0.3 is 0 Å². The molecule has 0 unspecified atom stereocenters. The molecule has 6 N–H and O–H groups in total. The lowest BCUT2D eigenvalue weighted by molar-refractivity contribution is -0.221. The molecule has 1 aliphatic heterocycles.